The lowest BCUT2D eigenvalue weighted by atomic mass is 10.1. The van der Waals surface area contributed by atoms with Crippen molar-refractivity contribution in [2.24, 2.45) is 0 Å². The Morgan fingerprint density at radius 2 is 1.83 bits per heavy atom. The molecule has 2 aromatic rings. The van der Waals surface area contributed by atoms with Crippen LogP contribution in [-0.2, 0) is 16.0 Å². The molecular formula is C23H22I2O4. The maximum atomic E-state index is 11.2. The fraction of sp³-hybridized carbons (Fsp3) is 0.261. The first-order chi connectivity index (χ1) is 13.9. The highest BCUT2D eigenvalue weighted by atomic mass is 127. The Hall–Kier alpha value is -1.57. The second-order valence-electron chi connectivity index (χ2n) is 6.24. The van der Waals surface area contributed by atoms with Gasteiger partial charge in [0.1, 0.15) is 12.4 Å². The van der Waals surface area contributed by atoms with Gasteiger partial charge in [-0.1, -0.05) is 24.0 Å². The zero-order valence-corrected chi connectivity index (χ0v) is 20.6. The van der Waals surface area contributed by atoms with E-state index in [1.807, 2.05) is 37.3 Å². The van der Waals surface area contributed by atoms with E-state index in [9.17, 15) is 4.79 Å². The van der Waals surface area contributed by atoms with Crippen molar-refractivity contribution in [1.29, 1.82) is 0 Å². The number of hydrogen-bond donors (Lipinski definition) is 1. The van der Waals surface area contributed by atoms with Crippen LogP contribution in [0, 0.1) is 19.0 Å². The molecule has 0 saturated heterocycles. The van der Waals surface area contributed by atoms with Crippen LogP contribution in [0.25, 0.3) is 0 Å². The van der Waals surface area contributed by atoms with Crippen molar-refractivity contribution in [1.82, 2.24) is 0 Å². The van der Waals surface area contributed by atoms with E-state index in [0.29, 0.717) is 19.6 Å². The van der Waals surface area contributed by atoms with E-state index in [0.717, 1.165) is 22.4 Å². The van der Waals surface area contributed by atoms with Gasteiger partial charge in [0.25, 0.3) is 0 Å². The zero-order valence-electron chi connectivity index (χ0n) is 16.2. The molecule has 0 spiro atoms. The Balaban J connectivity index is 1.89. The summed E-state index contributed by atoms with van der Waals surface area (Å²) >= 11 is 4.58. The van der Waals surface area contributed by atoms with Crippen LogP contribution in [0.1, 0.15) is 25.0 Å². The highest BCUT2D eigenvalue weighted by Crippen LogP contribution is 2.15. The molecule has 0 aliphatic rings. The molecule has 1 N–H and O–H groups in total. The van der Waals surface area contributed by atoms with Crippen LogP contribution in [-0.4, -0.2) is 30.4 Å². The van der Waals surface area contributed by atoms with E-state index in [-0.39, 0.29) is 0 Å². The van der Waals surface area contributed by atoms with Crippen molar-refractivity contribution in [3.05, 3.63) is 72.4 Å². The number of ether oxygens (including phenoxy) is 2. The molecule has 0 saturated carbocycles. The average Bonchev–Trinajstić information content (AvgIpc) is 2.66. The second kappa shape index (κ2) is 12.2. The standard InChI is InChI=1S/C23H22I2O4/c1-3-28-22(23(26)27)14-17-6-8-21(9-7-17)29-11-10-16(2)4-5-18-12-19(24)15-20(25)13-18/h6-10,12-13,15,22H,3,11,14H2,1-2H3,(H,26,27)/b16-10+. The molecule has 0 amide bonds. The summed E-state index contributed by atoms with van der Waals surface area (Å²) in [6, 6.07) is 13.6. The minimum atomic E-state index is -0.950. The van der Waals surface area contributed by atoms with Gasteiger partial charge in [0.05, 0.1) is 0 Å². The van der Waals surface area contributed by atoms with Crippen molar-refractivity contribution >= 4 is 51.2 Å². The maximum Gasteiger partial charge on any atom is 0.333 e. The number of carboxylic acids is 1. The lowest BCUT2D eigenvalue weighted by Gasteiger charge is -2.12. The molecule has 6 heteroatoms. The molecule has 4 nitrogen and oxygen atoms in total. The van der Waals surface area contributed by atoms with Crippen LogP contribution in [0.5, 0.6) is 5.75 Å². The smallest absolute Gasteiger partial charge is 0.333 e. The fourth-order valence-electron chi connectivity index (χ4n) is 2.47. The molecule has 152 valence electrons. The van der Waals surface area contributed by atoms with E-state index in [2.05, 4.69) is 75.2 Å². The van der Waals surface area contributed by atoms with Gasteiger partial charge in [0, 0.05) is 25.7 Å². The minimum absolute atomic E-state index is 0.329. The van der Waals surface area contributed by atoms with Crippen LogP contribution in [0.15, 0.2) is 54.1 Å². The number of rotatable bonds is 8. The molecule has 2 rings (SSSR count). The Morgan fingerprint density at radius 3 is 2.41 bits per heavy atom. The van der Waals surface area contributed by atoms with Gasteiger partial charge in [-0.05, 0) is 107 Å². The van der Waals surface area contributed by atoms with Gasteiger partial charge in [-0.3, -0.25) is 0 Å². The van der Waals surface area contributed by atoms with Crippen molar-refractivity contribution in [2.75, 3.05) is 13.2 Å². The number of benzene rings is 2. The van der Waals surface area contributed by atoms with E-state index in [4.69, 9.17) is 14.6 Å². The first-order valence-electron chi connectivity index (χ1n) is 9.08. The average molecular weight is 616 g/mol. The molecule has 0 aliphatic heterocycles. The first-order valence-corrected chi connectivity index (χ1v) is 11.2. The van der Waals surface area contributed by atoms with Gasteiger partial charge in [0.15, 0.2) is 6.10 Å². The van der Waals surface area contributed by atoms with E-state index >= 15 is 0 Å². The number of hydrogen-bond acceptors (Lipinski definition) is 3. The molecular weight excluding hydrogens is 594 g/mol. The lowest BCUT2D eigenvalue weighted by molar-refractivity contribution is -0.149. The summed E-state index contributed by atoms with van der Waals surface area (Å²) in [5, 5.41) is 9.16. The van der Waals surface area contributed by atoms with Gasteiger partial charge in [-0.15, -0.1) is 0 Å². The number of allylic oxidation sites excluding steroid dienone is 1. The summed E-state index contributed by atoms with van der Waals surface area (Å²) in [6.07, 6.45) is 1.44. The Morgan fingerprint density at radius 1 is 1.17 bits per heavy atom. The third-order valence-corrected chi connectivity index (χ3v) is 5.14. The van der Waals surface area contributed by atoms with Crippen LogP contribution in [0.3, 0.4) is 0 Å². The van der Waals surface area contributed by atoms with Gasteiger partial charge < -0.3 is 14.6 Å². The number of aliphatic carboxylic acids is 1. The third kappa shape index (κ3) is 8.76. The topological polar surface area (TPSA) is 55.8 Å². The monoisotopic (exact) mass is 616 g/mol. The van der Waals surface area contributed by atoms with Crippen molar-refractivity contribution in [3.8, 4) is 17.6 Å². The molecule has 29 heavy (non-hydrogen) atoms. The number of carbonyl (C=O) groups is 1. The Labute approximate surface area is 199 Å². The maximum absolute atomic E-state index is 11.2. The first kappa shape index (κ1) is 23.7. The minimum Gasteiger partial charge on any atom is -0.490 e. The zero-order chi connectivity index (χ0) is 21.2. The summed E-state index contributed by atoms with van der Waals surface area (Å²) in [6.45, 7) is 4.53. The highest BCUT2D eigenvalue weighted by molar-refractivity contribution is 14.1. The summed E-state index contributed by atoms with van der Waals surface area (Å²) in [5.74, 6) is 6.10. The predicted molar refractivity (Wildman–Crippen MR) is 131 cm³/mol. The molecule has 0 bridgehead atoms. The summed E-state index contributed by atoms with van der Waals surface area (Å²) in [5.41, 5.74) is 2.83. The Kier molecular flexibility index (Phi) is 9.97. The van der Waals surface area contributed by atoms with Gasteiger partial charge in [0.2, 0.25) is 0 Å². The molecule has 0 aromatic heterocycles. The van der Waals surface area contributed by atoms with Gasteiger partial charge in [-0.2, -0.15) is 0 Å². The quantitative estimate of drug-likeness (QED) is 0.323. The highest BCUT2D eigenvalue weighted by Gasteiger charge is 2.17. The van der Waals surface area contributed by atoms with Gasteiger partial charge >= 0.3 is 5.97 Å². The fourth-order valence-corrected chi connectivity index (χ4v) is 4.40. The summed E-state index contributed by atoms with van der Waals surface area (Å²) in [4.78, 5) is 11.2. The Bertz CT molecular complexity index is 904. The van der Waals surface area contributed by atoms with Gasteiger partial charge in [-0.25, -0.2) is 4.79 Å². The van der Waals surface area contributed by atoms with Crippen LogP contribution in [0.2, 0.25) is 0 Å². The van der Waals surface area contributed by atoms with Crippen molar-refractivity contribution in [3.63, 3.8) is 0 Å². The SMILES string of the molecule is CCOC(Cc1ccc(OC/C=C(\C)C#Cc2cc(I)cc(I)c2)cc1)C(=O)O. The molecule has 1 unspecified atom stereocenters. The molecule has 2 aromatic carbocycles. The molecule has 0 aliphatic carbocycles. The van der Waals surface area contributed by atoms with Crippen LogP contribution in [0.4, 0.5) is 0 Å². The lowest BCUT2D eigenvalue weighted by Crippen LogP contribution is -2.26. The van der Waals surface area contributed by atoms with E-state index in [1.165, 1.54) is 7.14 Å². The van der Waals surface area contributed by atoms with Crippen LogP contribution >= 0.6 is 45.2 Å². The largest absolute Gasteiger partial charge is 0.490 e. The molecule has 0 heterocycles. The predicted octanol–water partition coefficient (Wildman–Crippen LogP) is 5.30. The summed E-state index contributed by atoms with van der Waals surface area (Å²) < 4.78 is 13.3. The van der Waals surface area contributed by atoms with E-state index < -0.39 is 12.1 Å². The summed E-state index contributed by atoms with van der Waals surface area (Å²) in [7, 11) is 0. The number of carboxylic acid groups (broad SMARTS) is 1. The third-order valence-electron chi connectivity index (χ3n) is 3.89. The van der Waals surface area contributed by atoms with Crippen molar-refractivity contribution in [2.45, 2.75) is 26.4 Å². The normalized spacial score (nSPS) is 12.1. The second-order valence-corrected chi connectivity index (χ2v) is 8.73. The van der Waals surface area contributed by atoms with Crippen molar-refractivity contribution < 1.29 is 19.4 Å². The number of halogens is 2. The molecule has 1 atom stereocenters. The molecule has 0 radical (unpaired) electrons. The van der Waals surface area contributed by atoms with E-state index in [1.54, 1.807) is 6.92 Å². The van der Waals surface area contributed by atoms with Crippen LogP contribution < -0.4 is 4.74 Å². The molecule has 0 fully saturated rings.